The Labute approximate surface area is 158 Å². The first-order chi connectivity index (χ1) is 11.4. The molecule has 0 aliphatic rings. The van der Waals surface area contributed by atoms with Crippen LogP contribution in [-0.2, 0) is 16.4 Å². The Morgan fingerprint density at radius 2 is 1.71 bits per heavy atom. The van der Waals surface area contributed by atoms with Crippen LogP contribution in [0.1, 0.15) is 5.56 Å². The Morgan fingerprint density at radius 1 is 1.00 bits per heavy atom. The summed E-state index contributed by atoms with van der Waals surface area (Å²) in [6, 6.07) is 10.5. The Hall–Kier alpha value is -1.09. The van der Waals surface area contributed by atoms with Crippen molar-refractivity contribution in [2.24, 2.45) is 0 Å². The molecular weight excluding hydrogens is 462 g/mol. The van der Waals surface area contributed by atoms with Gasteiger partial charge >= 0.3 is 0 Å². The van der Waals surface area contributed by atoms with E-state index in [4.69, 9.17) is 9.47 Å². The van der Waals surface area contributed by atoms with Crippen molar-refractivity contribution in [2.45, 2.75) is 11.3 Å². The fourth-order valence-electron chi connectivity index (χ4n) is 2.13. The summed E-state index contributed by atoms with van der Waals surface area (Å²) in [7, 11) is -0.459. The summed E-state index contributed by atoms with van der Waals surface area (Å²) < 4.78 is 39.1. The molecule has 0 saturated carbocycles. The second-order valence-electron chi connectivity index (χ2n) is 4.91. The zero-order valence-corrected chi connectivity index (χ0v) is 17.2. The smallest absolute Gasteiger partial charge is 0.241 e. The van der Waals surface area contributed by atoms with E-state index >= 15 is 0 Å². The van der Waals surface area contributed by atoms with E-state index in [1.54, 1.807) is 38.5 Å². The minimum atomic E-state index is -3.59. The lowest BCUT2D eigenvalue weighted by Crippen LogP contribution is -2.26. The minimum absolute atomic E-state index is 0.198. The van der Waals surface area contributed by atoms with Gasteiger partial charge in [-0.2, -0.15) is 0 Å². The Balaban J connectivity index is 2.07. The van der Waals surface area contributed by atoms with Crippen LogP contribution in [0.4, 0.5) is 0 Å². The third-order valence-corrected chi connectivity index (χ3v) is 6.28. The van der Waals surface area contributed by atoms with E-state index in [9.17, 15) is 8.42 Å². The molecule has 0 aliphatic carbocycles. The van der Waals surface area contributed by atoms with Crippen LogP contribution in [0, 0.1) is 0 Å². The van der Waals surface area contributed by atoms with Crippen LogP contribution in [0.2, 0.25) is 0 Å². The lowest BCUT2D eigenvalue weighted by atomic mass is 10.1. The predicted molar refractivity (Wildman–Crippen MR) is 100 cm³/mol. The van der Waals surface area contributed by atoms with Gasteiger partial charge in [0.2, 0.25) is 10.0 Å². The molecule has 0 atom stereocenters. The number of sulfonamides is 1. The highest BCUT2D eigenvalue weighted by atomic mass is 79.9. The van der Waals surface area contributed by atoms with Crippen molar-refractivity contribution in [1.82, 2.24) is 4.72 Å². The molecule has 0 saturated heterocycles. The minimum Gasteiger partial charge on any atom is -0.493 e. The fraction of sp³-hybridized carbons (Fsp3) is 0.250. The standard InChI is InChI=1S/C16H17Br2NO4S/c1-22-14-6-3-11(9-15(14)23-2)7-8-19-24(20,21)16-10-12(17)4-5-13(16)18/h3-6,9-10,19H,7-8H2,1-2H3. The topological polar surface area (TPSA) is 64.6 Å². The summed E-state index contributed by atoms with van der Waals surface area (Å²) >= 11 is 6.55. The van der Waals surface area contributed by atoms with Gasteiger partial charge in [0.1, 0.15) is 0 Å². The Kier molecular flexibility index (Phi) is 6.68. The van der Waals surface area contributed by atoms with Crippen molar-refractivity contribution in [3.05, 3.63) is 50.9 Å². The fourth-order valence-corrected chi connectivity index (χ4v) is 4.66. The maximum Gasteiger partial charge on any atom is 0.241 e. The molecular formula is C16H17Br2NO4S. The summed E-state index contributed by atoms with van der Waals surface area (Å²) in [5, 5.41) is 0. The maximum atomic E-state index is 12.4. The number of ether oxygens (including phenoxy) is 2. The van der Waals surface area contributed by atoms with Gasteiger partial charge in [-0.25, -0.2) is 13.1 Å². The summed E-state index contributed by atoms with van der Waals surface area (Å²) in [5.41, 5.74) is 0.948. The van der Waals surface area contributed by atoms with Crippen molar-refractivity contribution >= 4 is 41.9 Å². The Bertz CT molecular complexity index is 825. The van der Waals surface area contributed by atoms with Gasteiger partial charge in [0.25, 0.3) is 0 Å². The molecule has 0 unspecified atom stereocenters. The highest BCUT2D eigenvalue weighted by Crippen LogP contribution is 2.28. The van der Waals surface area contributed by atoms with Crippen LogP contribution in [0.15, 0.2) is 50.2 Å². The largest absolute Gasteiger partial charge is 0.493 e. The van der Waals surface area contributed by atoms with Gasteiger partial charge in [-0.1, -0.05) is 22.0 Å². The lowest BCUT2D eigenvalue weighted by molar-refractivity contribution is 0.354. The molecule has 0 amide bonds. The van der Waals surface area contributed by atoms with Crippen LogP contribution >= 0.6 is 31.9 Å². The molecule has 0 spiro atoms. The van der Waals surface area contributed by atoms with Gasteiger partial charge in [-0.05, 0) is 58.2 Å². The highest BCUT2D eigenvalue weighted by molar-refractivity contribution is 9.11. The van der Waals surface area contributed by atoms with Gasteiger partial charge in [-0.3, -0.25) is 0 Å². The Morgan fingerprint density at radius 3 is 2.38 bits per heavy atom. The van der Waals surface area contributed by atoms with E-state index < -0.39 is 10.0 Å². The molecule has 0 aromatic heterocycles. The van der Waals surface area contributed by atoms with Gasteiger partial charge in [0.05, 0.1) is 19.1 Å². The van der Waals surface area contributed by atoms with E-state index in [0.717, 1.165) is 5.56 Å². The number of hydrogen-bond acceptors (Lipinski definition) is 4. The molecule has 2 rings (SSSR count). The molecule has 24 heavy (non-hydrogen) atoms. The summed E-state index contributed by atoms with van der Waals surface area (Å²) in [6.07, 6.45) is 0.533. The van der Waals surface area contributed by atoms with Crippen LogP contribution in [0.3, 0.4) is 0 Å². The first-order valence-electron chi connectivity index (χ1n) is 7.03. The van der Waals surface area contributed by atoms with E-state index in [-0.39, 0.29) is 11.4 Å². The number of nitrogens with one attached hydrogen (secondary N) is 1. The first-order valence-corrected chi connectivity index (χ1v) is 10.1. The molecule has 1 N–H and O–H groups in total. The number of hydrogen-bond donors (Lipinski definition) is 1. The normalized spacial score (nSPS) is 11.3. The van der Waals surface area contributed by atoms with E-state index in [0.29, 0.717) is 26.9 Å². The average Bonchev–Trinajstić information content (AvgIpc) is 2.56. The van der Waals surface area contributed by atoms with Crippen LogP contribution in [0.5, 0.6) is 11.5 Å². The van der Waals surface area contributed by atoms with Crippen molar-refractivity contribution < 1.29 is 17.9 Å². The molecule has 2 aromatic rings. The van der Waals surface area contributed by atoms with E-state index in [1.165, 1.54) is 0 Å². The number of methoxy groups -OCH3 is 2. The van der Waals surface area contributed by atoms with E-state index in [2.05, 4.69) is 36.6 Å². The SMILES string of the molecule is COc1ccc(CCNS(=O)(=O)c2cc(Br)ccc2Br)cc1OC. The maximum absolute atomic E-state index is 12.4. The summed E-state index contributed by atoms with van der Waals surface area (Å²) in [5.74, 6) is 1.26. The summed E-state index contributed by atoms with van der Waals surface area (Å²) in [4.78, 5) is 0.198. The quantitative estimate of drug-likeness (QED) is 0.658. The third-order valence-electron chi connectivity index (χ3n) is 3.34. The van der Waals surface area contributed by atoms with Gasteiger partial charge in [-0.15, -0.1) is 0 Å². The van der Waals surface area contributed by atoms with Gasteiger partial charge in [0.15, 0.2) is 11.5 Å². The molecule has 0 bridgehead atoms. The monoisotopic (exact) mass is 477 g/mol. The lowest BCUT2D eigenvalue weighted by Gasteiger charge is -2.11. The zero-order chi connectivity index (χ0) is 17.7. The van der Waals surface area contributed by atoms with Crippen molar-refractivity contribution in [1.29, 1.82) is 0 Å². The zero-order valence-electron chi connectivity index (χ0n) is 13.2. The third kappa shape index (κ3) is 4.72. The van der Waals surface area contributed by atoms with Gasteiger partial charge < -0.3 is 9.47 Å². The van der Waals surface area contributed by atoms with Crippen LogP contribution < -0.4 is 14.2 Å². The van der Waals surface area contributed by atoms with E-state index in [1.807, 2.05) is 12.1 Å². The first kappa shape index (κ1) is 19.2. The number of halogens is 2. The van der Waals surface area contributed by atoms with Crippen molar-refractivity contribution in [3.8, 4) is 11.5 Å². The second-order valence-corrected chi connectivity index (χ2v) is 8.42. The molecule has 0 radical (unpaired) electrons. The number of rotatable bonds is 7. The average molecular weight is 479 g/mol. The highest BCUT2D eigenvalue weighted by Gasteiger charge is 2.17. The second kappa shape index (κ2) is 8.33. The predicted octanol–water partition coefficient (Wildman–Crippen LogP) is 3.75. The molecule has 0 heterocycles. The molecule has 130 valence electrons. The molecule has 8 heteroatoms. The van der Waals surface area contributed by atoms with Crippen LogP contribution in [-0.4, -0.2) is 29.2 Å². The van der Waals surface area contributed by atoms with Crippen molar-refractivity contribution in [3.63, 3.8) is 0 Å². The molecule has 5 nitrogen and oxygen atoms in total. The summed E-state index contributed by atoms with van der Waals surface area (Å²) in [6.45, 7) is 0.275. The molecule has 2 aromatic carbocycles. The van der Waals surface area contributed by atoms with Crippen molar-refractivity contribution in [2.75, 3.05) is 20.8 Å². The van der Waals surface area contributed by atoms with Crippen LogP contribution in [0.25, 0.3) is 0 Å². The van der Waals surface area contributed by atoms with Gasteiger partial charge in [0, 0.05) is 15.5 Å². The number of benzene rings is 2. The molecule has 0 fully saturated rings. The molecule has 0 aliphatic heterocycles.